The van der Waals surface area contributed by atoms with E-state index in [9.17, 15) is 15.2 Å². The number of rotatable bonds is 2. The van der Waals surface area contributed by atoms with Crippen molar-refractivity contribution in [3.8, 4) is 5.75 Å². The molecule has 1 N–H and O–H groups in total. The average Bonchev–Trinajstić information content (AvgIpc) is 2.09. The highest BCUT2D eigenvalue weighted by Crippen LogP contribution is 2.30. The monoisotopic (exact) mass is 201 g/mol. The number of halogens is 1. The second kappa shape index (κ2) is 3.62. The summed E-state index contributed by atoms with van der Waals surface area (Å²) >= 11 is 5.52. The van der Waals surface area contributed by atoms with Gasteiger partial charge in [-0.05, 0) is 18.1 Å². The Kier molecular flexibility index (Phi) is 2.72. The lowest BCUT2D eigenvalue weighted by atomic mass is 10.1. The number of benzene rings is 1. The van der Waals surface area contributed by atoms with Crippen molar-refractivity contribution in [1.82, 2.24) is 0 Å². The van der Waals surface area contributed by atoms with Gasteiger partial charge in [-0.1, -0.05) is 6.07 Å². The Labute approximate surface area is 79.9 Å². The Morgan fingerprint density at radius 1 is 1.62 bits per heavy atom. The van der Waals surface area contributed by atoms with Gasteiger partial charge in [-0.15, -0.1) is 11.6 Å². The van der Waals surface area contributed by atoms with Crippen molar-refractivity contribution < 1.29 is 10.0 Å². The van der Waals surface area contributed by atoms with Crippen molar-refractivity contribution in [3.05, 3.63) is 33.4 Å². The van der Waals surface area contributed by atoms with Crippen molar-refractivity contribution in [1.29, 1.82) is 0 Å². The molecule has 0 unspecified atom stereocenters. The van der Waals surface area contributed by atoms with Crippen molar-refractivity contribution in [2.45, 2.75) is 12.8 Å². The summed E-state index contributed by atoms with van der Waals surface area (Å²) in [6.07, 6.45) is 0. The van der Waals surface area contributed by atoms with Crippen LogP contribution in [-0.2, 0) is 5.88 Å². The fourth-order valence-electron chi connectivity index (χ4n) is 1.05. The molecule has 4 nitrogen and oxygen atoms in total. The molecule has 0 amide bonds. The molecule has 1 rings (SSSR count). The lowest BCUT2D eigenvalue weighted by molar-refractivity contribution is -0.386. The van der Waals surface area contributed by atoms with Gasteiger partial charge >= 0.3 is 5.69 Å². The molecule has 0 saturated heterocycles. The van der Waals surface area contributed by atoms with Crippen LogP contribution < -0.4 is 0 Å². The van der Waals surface area contributed by atoms with E-state index in [1.807, 2.05) is 0 Å². The molecule has 0 radical (unpaired) electrons. The minimum absolute atomic E-state index is 0.196. The topological polar surface area (TPSA) is 63.4 Å². The summed E-state index contributed by atoms with van der Waals surface area (Å²) in [4.78, 5) is 9.82. The van der Waals surface area contributed by atoms with Crippen molar-refractivity contribution >= 4 is 17.3 Å². The van der Waals surface area contributed by atoms with Gasteiger partial charge in [0.15, 0.2) is 5.75 Å². The third-order valence-electron chi connectivity index (χ3n) is 1.69. The third kappa shape index (κ3) is 1.89. The smallest absolute Gasteiger partial charge is 0.311 e. The molecule has 1 aromatic rings. The molecule has 0 atom stereocenters. The zero-order valence-corrected chi connectivity index (χ0v) is 7.71. The highest BCUT2D eigenvalue weighted by atomic mass is 35.5. The van der Waals surface area contributed by atoms with Gasteiger partial charge in [0.25, 0.3) is 0 Å². The van der Waals surface area contributed by atoms with Gasteiger partial charge in [-0.3, -0.25) is 10.1 Å². The number of nitro benzene ring substituents is 1. The first-order valence-electron chi connectivity index (χ1n) is 3.59. The van der Waals surface area contributed by atoms with Crippen LogP contribution in [0.3, 0.4) is 0 Å². The summed E-state index contributed by atoms with van der Waals surface area (Å²) in [5, 5.41) is 19.7. The van der Waals surface area contributed by atoms with E-state index < -0.39 is 4.92 Å². The van der Waals surface area contributed by atoms with E-state index in [1.165, 1.54) is 6.07 Å². The molecule has 1 aromatic carbocycles. The molecule has 13 heavy (non-hydrogen) atoms. The van der Waals surface area contributed by atoms with Gasteiger partial charge in [0.1, 0.15) is 0 Å². The predicted octanol–water partition coefficient (Wildman–Crippen LogP) is 2.35. The lowest BCUT2D eigenvalue weighted by Gasteiger charge is -2.02. The largest absolute Gasteiger partial charge is 0.502 e. The van der Waals surface area contributed by atoms with Crippen LogP contribution in [0.5, 0.6) is 5.75 Å². The van der Waals surface area contributed by atoms with Crippen LogP contribution in [0.15, 0.2) is 12.1 Å². The number of phenolic OH excluding ortho intramolecular Hbond substituents is 1. The number of hydrogen-bond donors (Lipinski definition) is 1. The van der Waals surface area contributed by atoms with Crippen LogP contribution in [0.25, 0.3) is 0 Å². The Hall–Kier alpha value is -1.29. The maximum Gasteiger partial charge on any atom is 0.311 e. The molecular weight excluding hydrogens is 194 g/mol. The summed E-state index contributed by atoms with van der Waals surface area (Å²) in [7, 11) is 0. The van der Waals surface area contributed by atoms with Crippen molar-refractivity contribution in [3.63, 3.8) is 0 Å². The van der Waals surface area contributed by atoms with Gasteiger partial charge in [-0.25, -0.2) is 0 Å². The highest BCUT2D eigenvalue weighted by Gasteiger charge is 2.16. The predicted molar refractivity (Wildman–Crippen MR) is 49.1 cm³/mol. The molecule has 0 aromatic heterocycles. The van der Waals surface area contributed by atoms with Gasteiger partial charge < -0.3 is 5.11 Å². The third-order valence-corrected chi connectivity index (χ3v) is 2.00. The SMILES string of the molecule is Cc1cc(CCl)cc([N+](=O)[O-])c1O. The minimum atomic E-state index is -0.627. The standard InChI is InChI=1S/C8H8ClNO3/c1-5-2-6(4-9)3-7(8(5)11)10(12)13/h2-3,11H,4H2,1H3. The maximum absolute atomic E-state index is 10.4. The number of aromatic hydroxyl groups is 1. The van der Waals surface area contributed by atoms with E-state index in [-0.39, 0.29) is 17.3 Å². The van der Waals surface area contributed by atoms with Gasteiger partial charge in [0.2, 0.25) is 0 Å². The summed E-state index contributed by atoms with van der Waals surface area (Å²) in [5.41, 5.74) is 0.796. The molecular formula is C8H8ClNO3. The average molecular weight is 202 g/mol. The van der Waals surface area contributed by atoms with Crippen LogP contribution in [-0.4, -0.2) is 10.0 Å². The Morgan fingerprint density at radius 2 is 2.23 bits per heavy atom. The number of phenols is 1. The van der Waals surface area contributed by atoms with Crippen LogP contribution >= 0.6 is 11.6 Å². The molecule has 0 aliphatic carbocycles. The van der Waals surface area contributed by atoms with E-state index in [2.05, 4.69) is 0 Å². The Bertz CT molecular complexity index is 351. The first-order chi connectivity index (χ1) is 6.06. The quantitative estimate of drug-likeness (QED) is 0.454. The van der Waals surface area contributed by atoms with Crippen LogP contribution in [0.2, 0.25) is 0 Å². The molecule has 0 fully saturated rings. The first kappa shape index (κ1) is 9.80. The van der Waals surface area contributed by atoms with Crippen LogP contribution in [0.1, 0.15) is 11.1 Å². The van der Waals surface area contributed by atoms with E-state index in [0.29, 0.717) is 11.1 Å². The van der Waals surface area contributed by atoms with E-state index in [4.69, 9.17) is 11.6 Å². The number of aryl methyl sites for hydroxylation is 1. The Morgan fingerprint density at radius 3 is 2.69 bits per heavy atom. The van der Waals surface area contributed by atoms with Gasteiger partial charge in [-0.2, -0.15) is 0 Å². The number of alkyl halides is 1. The summed E-state index contributed by atoms with van der Waals surface area (Å²) in [5.74, 6) is -0.0963. The van der Waals surface area contributed by atoms with Crippen LogP contribution in [0, 0.1) is 17.0 Å². The van der Waals surface area contributed by atoms with Gasteiger partial charge in [0, 0.05) is 11.9 Å². The Balaban J connectivity index is 3.33. The molecule has 0 bridgehead atoms. The summed E-state index contributed by atoms with van der Waals surface area (Å²) < 4.78 is 0. The lowest BCUT2D eigenvalue weighted by Crippen LogP contribution is -1.92. The van der Waals surface area contributed by atoms with E-state index in [1.54, 1.807) is 13.0 Å². The zero-order chi connectivity index (χ0) is 10.0. The highest BCUT2D eigenvalue weighted by molar-refractivity contribution is 6.17. The van der Waals surface area contributed by atoms with Crippen LogP contribution in [0.4, 0.5) is 5.69 Å². The second-order valence-electron chi connectivity index (χ2n) is 2.67. The molecule has 70 valence electrons. The zero-order valence-electron chi connectivity index (χ0n) is 6.95. The molecule has 0 spiro atoms. The molecule has 0 aliphatic rings. The summed E-state index contributed by atoms with van der Waals surface area (Å²) in [6.45, 7) is 1.60. The second-order valence-corrected chi connectivity index (χ2v) is 2.94. The fraction of sp³-hybridized carbons (Fsp3) is 0.250. The maximum atomic E-state index is 10.4. The molecule has 0 heterocycles. The fourth-order valence-corrected chi connectivity index (χ4v) is 1.20. The van der Waals surface area contributed by atoms with E-state index >= 15 is 0 Å². The molecule has 5 heteroatoms. The van der Waals surface area contributed by atoms with Gasteiger partial charge in [0.05, 0.1) is 4.92 Å². The minimum Gasteiger partial charge on any atom is -0.502 e. The van der Waals surface area contributed by atoms with E-state index in [0.717, 1.165) is 0 Å². The normalized spacial score (nSPS) is 10.0. The first-order valence-corrected chi connectivity index (χ1v) is 4.12. The number of hydrogen-bond acceptors (Lipinski definition) is 3. The number of nitrogens with zero attached hydrogens (tertiary/aromatic N) is 1. The van der Waals surface area contributed by atoms with Crippen molar-refractivity contribution in [2.24, 2.45) is 0 Å². The molecule has 0 saturated carbocycles. The number of nitro groups is 1. The molecule has 0 aliphatic heterocycles. The summed E-state index contributed by atoms with van der Waals surface area (Å²) in [6, 6.07) is 2.89. The van der Waals surface area contributed by atoms with Crippen molar-refractivity contribution in [2.75, 3.05) is 0 Å².